The van der Waals surface area contributed by atoms with Crippen LogP contribution in [-0.4, -0.2) is 5.91 Å². The molecule has 1 atom stereocenters. The molecule has 0 fully saturated rings. The van der Waals surface area contributed by atoms with Gasteiger partial charge in [0.2, 0.25) is 0 Å². The summed E-state index contributed by atoms with van der Waals surface area (Å²) < 4.78 is 0. The van der Waals surface area contributed by atoms with E-state index in [-0.39, 0.29) is 5.91 Å². The molecule has 1 aromatic heterocycles. The van der Waals surface area contributed by atoms with Crippen LogP contribution >= 0.6 is 11.3 Å². The van der Waals surface area contributed by atoms with E-state index < -0.39 is 0 Å². The molecule has 2 nitrogen and oxygen atoms in total. The first-order valence-corrected chi connectivity index (χ1v) is 9.63. The van der Waals surface area contributed by atoms with Crippen LogP contribution in [0.15, 0.2) is 72.1 Å². The summed E-state index contributed by atoms with van der Waals surface area (Å²) in [4.78, 5) is 13.8. The second-order valence-electron chi connectivity index (χ2n) is 6.19. The minimum atomic E-state index is -0.0461. The van der Waals surface area contributed by atoms with Crippen LogP contribution in [0.3, 0.4) is 0 Å². The van der Waals surface area contributed by atoms with Crippen LogP contribution < -0.4 is 5.32 Å². The summed E-state index contributed by atoms with van der Waals surface area (Å²) in [7, 11) is 0. The third-order valence-electron chi connectivity index (χ3n) is 4.31. The van der Waals surface area contributed by atoms with Crippen LogP contribution in [0, 0.1) is 0 Å². The molecular formula is C22H23NOS. The number of anilines is 1. The normalized spacial score (nSPS) is 11.9. The molecule has 0 saturated carbocycles. The lowest BCUT2D eigenvalue weighted by Crippen LogP contribution is -2.13. The van der Waals surface area contributed by atoms with Gasteiger partial charge in [0, 0.05) is 10.4 Å². The summed E-state index contributed by atoms with van der Waals surface area (Å²) in [5.74, 6) is 0.383. The molecule has 1 unspecified atom stereocenters. The highest BCUT2D eigenvalue weighted by atomic mass is 32.1. The molecule has 0 aliphatic rings. The van der Waals surface area contributed by atoms with E-state index in [0.29, 0.717) is 11.5 Å². The first kappa shape index (κ1) is 17.4. The topological polar surface area (TPSA) is 29.1 Å². The van der Waals surface area contributed by atoms with E-state index >= 15 is 0 Å². The first-order valence-electron chi connectivity index (χ1n) is 8.75. The van der Waals surface area contributed by atoms with Crippen molar-refractivity contribution in [3.8, 4) is 0 Å². The third kappa shape index (κ3) is 4.58. The van der Waals surface area contributed by atoms with Crippen molar-refractivity contribution in [2.75, 3.05) is 5.32 Å². The number of rotatable bonds is 7. The number of hydrogen-bond donors (Lipinski definition) is 1. The third-order valence-corrected chi connectivity index (χ3v) is 5.39. The zero-order valence-corrected chi connectivity index (χ0v) is 15.3. The molecular weight excluding hydrogens is 326 g/mol. The predicted molar refractivity (Wildman–Crippen MR) is 107 cm³/mol. The molecule has 0 bridgehead atoms. The fraction of sp³-hybridized carbons (Fsp3) is 0.227. The van der Waals surface area contributed by atoms with E-state index in [1.54, 1.807) is 11.3 Å². The maximum absolute atomic E-state index is 12.5. The fourth-order valence-corrected chi connectivity index (χ4v) is 4.09. The molecule has 3 heteroatoms. The Balaban J connectivity index is 1.79. The lowest BCUT2D eigenvalue weighted by atomic mass is 9.93. The predicted octanol–water partition coefficient (Wildman–Crippen LogP) is 6.13. The Hall–Kier alpha value is -2.39. The van der Waals surface area contributed by atoms with Crippen LogP contribution in [0.5, 0.6) is 0 Å². The summed E-state index contributed by atoms with van der Waals surface area (Å²) >= 11 is 1.74. The number of hydrogen-bond acceptors (Lipinski definition) is 2. The van der Waals surface area contributed by atoms with Gasteiger partial charge < -0.3 is 5.32 Å². The van der Waals surface area contributed by atoms with Gasteiger partial charge in [-0.15, -0.1) is 11.3 Å². The summed E-state index contributed by atoms with van der Waals surface area (Å²) in [5, 5.41) is 5.18. The van der Waals surface area contributed by atoms with Gasteiger partial charge in [-0.25, -0.2) is 0 Å². The maximum atomic E-state index is 12.5. The van der Waals surface area contributed by atoms with Gasteiger partial charge in [0.25, 0.3) is 5.91 Å². The Labute approximate surface area is 153 Å². The van der Waals surface area contributed by atoms with Crippen molar-refractivity contribution in [3.05, 3.63) is 88.1 Å². The molecule has 2 aromatic carbocycles. The average molecular weight is 349 g/mol. The minimum absolute atomic E-state index is 0.0461. The second-order valence-corrected chi connectivity index (χ2v) is 7.14. The van der Waals surface area contributed by atoms with Crippen LogP contribution in [0.25, 0.3) is 0 Å². The first-order chi connectivity index (χ1) is 12.3. The fourth-order valence-electron chi connectivity index (χ4n) is 3.10. The number of carbonyl (C=O) groups excluding carboxylic acids is 1. The zero-order chi connectivity index (χ0) is 17.5. The van der Waals surface area contributed by atoms with Crippen molar-refractivity contribution in [2.45, 2.75) is 32.1 Å². The van der Waals surface area contributed by atoms with E-state index in [0.717, 1.165) is 24.9 Å². The molecule has 128 valence electrons. The molecule has 1 amide bonds. The molecule has 3 rings (SSSR count). The van der Waals surface area contributed by atoms with Crippen molar-refractivity contribution in [2.24, 2.45) is 0 Å². The molecule has 0 spiro atoms. The monoisotopic (exact) mass is 349 g/mol. The second kappa shape index (κ2) is 8.63. The summed E-state index contributed by atoms with van der Waals surface area (Å²) in [5.41, 5.74) is 2.98. The van der Waals surface area contributed by atoms with Crippen molar-refractivity contribution in [1.29, 1.82) is 0 Å². The van der Waals surface area contributed by atoms with Gasteiger partial charge in [-0.1, -0.05) is 61.9 Å². The number of benzene rings is 2. The van der Waals surface area contributed by atoms with E-state index in [1.165, 1.54) is 10.4 Å². The van der Waals surface area contributed by atoms with Crippen molar-refractivity contribution in [3.63, 3.8) is 0 Å². The molecule has 3 aromatic rings. The Morgan fingerprint density at radius 3 is 2.36 bits per heavy atom. The quantitative estimate of drug-likeness (QED) is 0.546. The molecule has 0 aliphatic heterocycles. The average Bonchev–Trinajstić information content (AvgIpc) is 3.11. The van der Waals surface area contributed by atoms with Crippen molar-refractivity contribution >= 4 is 22.9 Å². The van der Waals surface area contributed by atoms with Crippen LogP contribution in [-0.2, 0) is 6.42 Å². The van der Waals surface area contributed by atoms with Crippen LogP contribution in [0.4, 0.5) is 5.69 Å². The number of amides is 1. The minimum Gasteiger partial charge on any atom is -0.321 e. The van der Waals surface area contributed by atoms with Gasteiger partial charge in [-0.2, -0.15) is 0 Å². The largest absolute Gasteiger partial charge is 0.321 e. The van der Waals surface area contributed by atoms with Gasteiger partial charge in [0.1, 0.15) is 0 Å². The van der Waals surface area contributed by atoms with Gasteiger partial charge in [-0.3, -0.25) is 4.79 Å². The maximum Gasteiger partial charge on any atom is 0.255 e. The highest BCUT2D eigenvalue weighted by molar-refractivity contribution is 7.10. The molecule has 0 aliphatic carbocycles. The van der Waals surface area contributed by atoms with E-state index in [9.17, 15) is 4.79 Å². The van der Waals surface area contributed by atoms with Crippen LogP contribution in [0.2, 0.25) is 0 Å². The van der Waals surface area contributed by atoms with E-state index in [1.807, 2.05) is 36.4 Å². The Kier molecular flexibility index (Phi) is 6.02. The van der Waals surface area contributed by atoms with Gasteiger partial charge in [-0.05, 0) is 47.9 Å². The lowest BCUT2D eigenvalue weighted by molar-refractivity contribution is 0.102. The molecule has 25 heavy (non-hydrogen) atoms. The Morgan fingerprint density at radius 1 is 1.00 bits per heavy atom. The highest BCUT2D eigenvalue weighted by Crippen LogP contribution is 2.36. The van der Waals surface area contributed by atoms with Gasteiger partial charge >= 0.3 is 0 Å². The lowest BCUT2D eigenvalue weighted by Gasteiger charge is -2.17. The van der Waals surface area contributed by atoms with Crippen molar-refractivity contribution < 1.29 is 4.79 Å². The van der Waals surface area contributed by atoms with Gasteiger partial charge in [0.15, 0.2) is 0 Å². The van der Waals surface area contributed by atoms with E-state index in [2.05, 4.69) is 48.0 Å². The standard InChI is InChI=1S/C22H23NOS/c1-2-9-19(16-17-10-5-3-6-11-17)21-20(14-15-25-21)23-22(24)18-12-7-4-8-13-18/h3-8,10-15,19H,2,9,16H2,1H3,(H,23,24). The number of nitrogens with one attached hydrogen (secondary N) is 1. The number of thiophene rings is 1. The Bertz CT molecular complexity index is 795. The molecule has 0 radical (unpaired) electrons. The number of carbonyl (C=O) groups is 1. The zero-order valence-electron chi connectivity index (χ0n) is 14.4. The molecule has 1 N–H and O–H groups in total. The summed E-state index contributed by atoms with van der Waals surface area (Å²) in [6.45, 7) is 2.22. The van der Waals surface area contributed by atoms with Gasteiger partial charge in [0.05, 0.1) is 5.69 Å². The summed E-state index contributed by atoms with van der Waals surface area (Å²) in [6.07, 6.45) is 3.24. The molecule has 1 heterocycles. The van der Waals surface area contributed by atoms with Crippen LogP contribution in [0.1, 0.15) is 46.5 Å². The highest BCUT2D eigenvalue weighted by Gasteiger charge is 2.18. The summed E-state index contributed by atoms with van der Waals surface area (Å²) in [6, 6.07) is 22.0. The molecule has 0 saturated heterocycles. The van der Waals surface area contributed by atoms with Crippen molar-refractivity contribution in [1.82, 2.24) is 0 Å². The Morgan fingerprint density at radius 2 is 1.68 bits per heavy atom. The van der Waals surface area contributed by atoms with E-state index in [4.69, 9.17) is 0 Å². The SMILES string of the molecule is CCCC(Cc1ccccc1)c1sccc1NC(=O)c1ccccc1. The smallest absolute Gasteiger partial charge is 0.255 e.